The van der Waals surface area contributed by atoms with Crippen molar-refractivity contribution in [3.05, 3.63) is 255 Å². The molecule has 4 saturated carbocycles. The number of halogens is 8. The summed E-state index contributed by atoms with van der Waals surface area (Å²) in [5.74, 6) is 4.45. The van der Waals surface area contributed by atoms with Crippen molar-refractivity contribution in [2.45, 2.75) is 325 Å². The number of nitrogens with zero attached hydrogens (tertiary/aromatic N) is 6. The topological polar surface area (TPSA) is 140 Å². The van der Waals surface area contributed by atoms with E-state index in [2.05, 4.69) is 260 Å². The van der Waals surface area contributed by atoms with Crippen molar-refractivity contribution in [3.8, 4) is 39.5 Å². The first-order chi connectivity index (χ1) is 61.0. The Hall–Kier alpha value is -4.07. The van der Waals surface area contributed by atoms with Gasteiger partial charge in [-0.25, -0.2) is 0 Å². The van der Waals surface area contributed by atoms with Gasteiger partial charge >= 0.3 is 332 Å². The van der Waals surface area contributed by atoms with Crippen LogP contribution in [0.2, 0.25) is 20.1 Å². The second kappa shape index (κ2) is 51.9. The van der Waals surface area contributed by atoms with Gasteiger partial charge in [0.05, 0.1) is 8.95 Å². The van der Waals surface area contributed by atoms with Gasteiger partial charge in [0.15, 0.2) is 0 Å². The molecule has 4 fully saturated rings. The second-order valence-electron chi connectivity index (χ2n) is 41.6. The van der Waals surface area contributed by atoms with Crippen molar-refractivity contribution in [2.24, 2.45) is 44.5 Å². The molecule has 3 heterocycles. The molecule has 9 nitrogen and oxygen atoms in total. The van der Waals surface area contributed by atoms with E-state index in [1.165, 1.54) is 171 Å². The summed E-state index contributed by atoms with van der Waals surface area (Å²) >= 11 is 36.9. The third-order valence-electron chi connectivity index (χ3n) is 24.1. The van der Waals surface area contributed by atoms with E-state index in [4.69, 9.17) is 49.9 Å². The molecule has 720 valence electrons. The van der Waals surface area contributed by atoms with Gasteiger partial charge < -0.3 is 30.3 Å². The van der Waals surface area contributed by atoms with Gasteiger partial charge in [-0.3, -0.25) is 0 Å². The fourth-order valence-electron chi connectivity index (χ4n) is 18.3. The number of hydrogen-bond donors (Lipinski definition) is 3. The third-order valence-corrected chi connectivity index (χ3v) is 39.3. The first-order valence-electron chi connectivity index (χ1n) is 46.2. The molecule has 4 bridgehead atoms. The first kappa shape index (κ1) is 115. The van der Waals surface area contributed by atoms with Gasteiger partial charge in [-0.2, -0.15) is 35.2 Å². The summed E-state index contributed by atoms with van der Waals surface area (Å²) in [6, 6.07) is 35.8. The standard InChI is InChI=1S/2C21H22Br2O.C15H24O.C10H15N.2C6H3Cl2N.2C6H8N.3C5H10.C4H4N.2CH4.Mo.2W/c2*1-12-17(22)10-13-6-2-4-8-15(13)19(12)20-16-9-5-3-7-14(16)11-18(23)21(20)24;1-10-8-11(14(2,3)4)13(16)12(9-10)15(5,6)7;11-10-4-7-1-8(5-10)3-9(2-7)6-10;2*7-4-2-1-3-5(8)6(4)9;2*1-5-3-4-6(2)7-5;3*1-5(2,3)4;1-2-4-5-3-1;;;;;/h2*10-11,24H,2-9H2,1H3;8-9,16H,1-7H3;7-9H,1-6H2;2*1-3H;2*3-4H,1-2H3;3*1H,2-4H3;1-4H;2*1H4;;;/q;;;;;;2*-1;;;;-1;;;;;. The van der Waals surface area contributed by atoms with Gasteiger partial charge in [-0.05, 0) is 268 Å². The summed E-state index contributed by atoms with van der Waals surface area (Å²) in [7, 11) is 0. The number of phenols is 3. The van der Waals surface area contributed by atoms with E-state index in [0.29, 0.717) is 48.3 Å². The summed E-state index contributed by atoms with van der Waals surface area (Å²) in [5, 5.41) is 34.9. The Balaban J connectivity index is 0.000000209. The summed E-state index contributed by atoms with van der Waals surface area (Å²) in [5.41, 5.74) is 29.2. The van der Waals surface area contributed by atoms with Crippen LogP contribution < -0.4 is 15.0 Å². The van der Waals surface area contributed by atoms with Gasteiger partial charge in [-0.1, -0.05) is 170 Å². The van der Waals surface area contributed by atoms with Crippen LogP contribution in [0.25, 0.3) is 22.3 Å². The Morgan fingerprint density at radius 1 is 0.394 bits per heavy atom. The predicted octanol–water partition coefficient (Wildman–Crippen LogP) is 35.6. The molecule has 0 amide bonds. The van der Waals surface area contributed by atoms with Crippen LogP contribution in [-0.2, 0) is 116 Å². The maximum absolute atomic E-state index is 11.0. The number of fused-ring (bicyclic) bond motifs is 4. The maximum Gasteiger partial charge on any atom is 0.137 e. The first-order valence-corrected chi connectivity index (χ1v) is 59.0. The van der Waals surface area contributed by atoms with Gasteiger partial charge in [0.1, 0.15) is 17.2 Å². The van der Waals surface area contributed by atoms with Crippen LogP contribution in [0.5, 0.6) is 17.2 Å². The molecular formula is C112H147Br4Cl4MoN6O3W2-3. The van der Waals surface area contributed by atoms with E-state index < -0.39 is 35.8 Å². The van der Waals surface area contributed by atoms with Gasteiger partial charge in [-0.15, -0.1) is 0 Å². The molecule has 3 aromatic heterocycles. The van der Waals surface area contributed by atoms with Crippen LogP contribution in [0.4, 0.5) is 11.4 Å². The van der Waals surface area contributed by atoms with Crippen LogP contribution >= 0.6 is 110 Å². The molecule has 0 aliphatic heterocycles. The molecule has 8 aliphatic rings. The largest absolute Gasteiger partial charge is 0.670 e. The quantitative estimate of drug-likeness (QED) is 0.147. The Kier molecular flexibility index (Phi) is 45.2. The average Bonchev–Trinajstić information content (AvgIpc) is 0.914. The smallest absolute Gasteiger partial charge is 0.137 e. The third kappa shape index (κ3) is 34.1. The van der Waals surface area contributed by atoms with Crippen LogP contribution in [0.3, 0.4) is 0 Å². The van der Waals surface area contributed by atoms with Crippen LogP contribution in [0, 0.1) is 82.5 Å². The van der Waals surface area contributed by atoms with E-state index in [9.17, 15) is 15.3 Å². The van der Waals surface area contributed by atoms with E-state index >= 15 is 0 Å². The molecule has 3 N–H and O–H groups in total. The van der Waals surface area contributed by atoms with Crippen molar-refractivity contribution < 1.29 is 69.1 Å². The van der Waals surface area contributed by atoms with Crippen molar-refractivity contribution >= 4 is 135 Å². The molecule has 0 spiro atoms. The summed E-state index contributed by atoms with van der Waals surface area (Å²) in [6.07, 6.45) is 31.4. The Morgan fingerprint density at radius 2 is 0.689 bits per heavy atom. The number of hydrogen-bond acceptors (Lipinski definition) is 6. The van der Waals surface area contributed by atoms with E-state index in [0.717, 1.165) is 134 Å². The fourth-order valence-corrected chi connectivity index (χ4v) is 28.8. The SMILES string of the molecule is C.C.CC(C)(C)[CH]=[Mo]=[N]C12CC3CC(CC(C3)C1)C2.CC(C)(C)[CH]=[W]=[N]c1c(Cl)cccc1Cl.CC(C)(C)[CH]=[W]=[N]c1c(Cl)cccc1Cl.Cc1c(Br)cc2c(c1-c1c(O)c(Br)cc3c1CCCC3)CCCC2.Cc1c(Br)cc2c(c1-c1c(O)c(Br)cc3c1CCCC3)CCCC2.Cc1cc(C(C)(C)C)c(O)c(C(C)(C)C)c1.Cc1ccc(C)[n-]1.Cc1ccc(C)[n-]1.c1cc[n-]c1. The summed E-state index contributed by atoms with van der Waals surface area (Å²) in [4.78, 5) is 11.9. The minimum absolute atomic E-state index is 0. The van der Waals surface area contributed by atoms with E-state index in [1.54, 1.807) is 12.4 Å². The number of aromatic hydroxyl groups is 3. The maximum atomic E-state index is 11.0. The predicted molar refractivity (Wildman–Crippen MR) is 573 cm³/mol. The number of aromatic nitrogens is 3. The number of rotatable bonds is 5. The fraction of sp³-hybridized carbons (Fsp3) is 0.491. The Morgan fingerprint density at radius 3 is 0.955 bits per heavy atom. The Bertz CT molecular complexity index is 5180. The monoisotopic (exact) mass is 2550 g/mol. The minimum Gasteiger partial charge on any atom is -0.670 e. The van der Waals surface area contributed by atoms with Crippen molar-refractivity contribution in [2.75, 3.05) is 0 Å². The van der Waals surface area contributed by atoms with Crippen LogP contribution in [0.15, 0.2) is 150 Å². The van der Waals surface area contributed by atoms with Crippen LogP contribution in [-0.4, -0.2) is 34.1 Å². The van der Waals surface area contributed by atoms with Gasteiger partial charge in [0, 0.05) is 20.1 Å². The molecule has 132 heavy (non-hydrogen) atoms. The van der Waals surface area contributed by atoms with Crippen LogP contribution in [0.1, 0.15) is 304 Å². The summed E-state index contributed by atoms with van der Waals surface area (Å²) in [6.45, 7) is 47.2. The van der Waals surface area contributed by atoms with Gasteiger partial charge in [0.2, 0.25) is 0 Å². The molecule has 0 radical (unpaired) electrons. The average molecular weight is 2550 g/mol. The normalized spacial score (nSPS) is 17.0. The number of phenolic OH excluding ortho intramolecular Hbond substituents is 3. The Labute approximate surface area is 872 Å². The molecule has 8 aliphatic carbocycles. The number of benzene rings is 7. The summed E-state index contributed by atoms with van der Waals surface area (Å²) < 4.78 is 25.5. The minimum atomic E-state index is -0.850. The molecule has 10 aromatic rings. The van der Waals surface area contributed by atoms with Gasteiger partial charge in [0.25, 0.3) is 0 Å². The zero-order valence-corrected chi connectivity index (χ0v) is 98.1. The zero-order chi connectivity index (χ0) is 95.5. The number of aryl methyl sites for hydroxylation is 9. The molecule has 0 saturated heterocycles. The zero-order valence-electron chi connectivity index (χ0n) is 80.8. The molecule has 7 aromatic carbocycles. The van der Waals surface area contributed by atoms with Crippen molar-refractivity contribution in [1.29, 1.82) is 0 Å². The van der Waals surface area contributed by atoms with Crippen molar-refractivity contribution in [1.82, 2.24) is 15.0 Å². The molecule has 18 rings (SSSR count). The molecular weight excluding hydrogens is 2400 g/mol. The van der Waals surface area contributed by atoms with E-state index in [-0.39, 0.29) is 54.4 Å². The van der Waals surface area contributed by atoms with E-state index in [1.807, 2.05) is 100 Å². The molecule has 0 atom stereocenters. The van der Waals surface area contributed by atoms with Crippen molar-refractivity contribution in [3.63, 3.8) is 0 Å². The molecule has 0 unspecified atom stereocenters. The molecule has 20 heteroatoms. The second-order valence-corrected chi connectivity index (χ2v) is 52.7.